The normalized spacial score (nSPS) is 10.2. The van der Waals surface area contributed by atoms with E-state index in [-0.39, 0.29) is 16.8 Å². The number of nitro benzene ring substituents is 1. The third kappa shape index (κ3) is 3.94. The lowest BCUT2D eigenvalue weighted by Crippen LogP contribution is -2.14. The Kier molecular flexibility index (Phi) is 4.75. The molecule has 0 radical (unpaired) electrons. The van der Waals surface area contributed by atoms with Gasteiger partial charge in [-0.05, 0) is 30.3 Å². The third-order valence-electron chi connectivity index (χ3n) is 2.89. The Morgan fingerprint density at radius 1 is 1.00 bits per heavy atom. The van der Waals surface area contributed by atoms with E-state index in [2.05, 4.69) is 0 Å². The summed E-state index contributed by atoms with van der Waals surface area (Å²) in [4.78, 5) is 33.3. The topological polar surface area (TPSA) is 86.5 Å². The van der Waals surface area contributed by atoms with Gasteiger partial charge in [-0.2, -0.15) is 0 Å². The Morgan fingerprint density at radius 3 is 2.17 bits per heavy atom. The molecule has 0 saturated carbocycles. The van der Waals surface area contributed by atoms with Crippen LogP contribution in [0.5, 0.6) is 0 Å². The maximum atomic E-state index is 13.0. The summed E-state index contributed by atoms with van der Waals surface area (Å²) in [6, 6.07) is 7.17. The maximum Gasteiger partial charge on any atom is 0.338 e. The Balaban J connectivity index is 1.99. The van der Waals surface area contributed by atoms with Gasteiger partial charge in [-0.25, -0.2) is 13.6 Å². The quantitative estimate of drug-likeness (QED) is 0.366. The molecule has 0 aliphatic rings. The average molecular weight is 321 g/mol. The minimum atomic E-state index is -1.18. The Labute approximate surface area is 128 Å². The molecule has 6 nitrogen and oxygen atoms in total. The number of ether oxygens (including phenoxy) is 1. The molecule has 118 valence electrons. The van der Waals surface area contributed by atoms with Crippen LogP contribution < -0.4 is 0 Å². The van der Waals surface area contributed by atoms with Gasteiger partial charge in [0.2, 0.25) is 0 Å². The lowest BCUT2D eigenvalue weighted by molar-refractivity contribution is -0.384. The number of carbonyl (C=O) groups is 2. The first-order chi connectivity index (χ1) is 10.9. The van der Waals surface area contributed by atoms with Gasteiger partial charge in [0.05, 0.1) is 10.5 Å². The van der Waals surface area contributed by atoms with Crippen molar-refractivity contribution in [2.45, 2.75) is 0 Å². The number of nitrogens with zero attached hydrogens (tertiary/aromatic N) is 1. The molecule has 0 atom stereocenters. The van der Waals surface area contributed by atoms with Gasteiger partial charge in [0, 0.05) is 17.7 Å². The van der Waals surface area contributed by atoms with E-state index in [1.54, 1.807) is 0 Å². The second-order valence-corrected chi connectivity index (χ2v) is 4.43. The molecule has 23 heavy (non-hydrogen) atoms. The predicted molar refractivity (Wildman–Crippen MR) is 74.1 cm³/mol. The SMILES string of the molecule is O=C(COC(=O)c1ccc([N+](=O)[O-])cc1)c1ccc(F)c(F)c1. The summed E-state index contributed by atoms with van der Waals surface area (Å²) in [5, 5.41) is 10.5. The first-order valence-corrected chi connectivity index (χ1v) is 6.28. The minimum absolute atomic E-state index is 0.0219. The van der Waals surface area contributed by atoms with Crippen LogP contribution in [0, 0.1) is 21.7 Å². The van der Waals surface area contributed by atoms with Gasteiger partial charge in [-0.1, -0.05) is 0 Å². The van der Waals surface area contributed by atoms with Gasteiger partial charge in [0.1, 0.15) is 0 Å². The van der Waals surface area contributed by atoms with Crippen molar-refractivity contribution in [1.29, 1.82) is 0 Å². The largest absolute Gasteiger partial charge is 0.454 e. The van der Waals surface area contributed by atoms with E-state index in [1.807, 2.05) is 0 Å². The Morgan fingerprint density at radius 2 is 1.61 bits per heavy atom. The van der Waals surface area contributed by atoms with Crippen LogP contribution in [-0.2, 0) is 4.74 Å². The molecule has 2 rings (SSSR count). The second-order valence-electron chi connectivity index (χ2n) is 4.43. The van der Waals surface area contributed by atoms with Crippen LogP contribution in [0.4, 0.5) is 14.5 Å². The fourth-order valence-corrected chi connectivity index (χ4v) is 1.69. The van der Waals surface area contributed by atoms with E-state index in [0.29, 0.717) is 6.07 Å². The third-order valence-corrected chi connectivity index (χ3v) is 2.89. The van der Waals surface area contributed by atoms with Crippen molar-refractivity contribution in [3.8, 4) is 0 Å². The summed E-state index contributed by atoms with van der Waals surface area (Å²) in [5.41, 5.74) is -0.312. The van der Waals surface area contributed by atoms with E-state index >= 15 is 0 Å². The fourth-order valence-electron chi connectivity index (χ4n) is 1.69. The lowest BCUT2D eigenvalue weighted by atomic mass is 10.1. The van der Waals surface area contributed by atoms with Crippen molar-refractivity contribution < 1.29 is 28.0 Å². The number of nitro groups is 1. The molecule has 0 bridgehead atoms. The van der Waals surface area contributed by atoms with Crippen LogP contribution >= 0.6 is 0 Å². The summed E-state index contributed by atoms with van der Waals surface area (Å²) in [6.07, 6.45) is 0. The Bertz CT molecular complexity index is 774. The van der Waals surface area contributed by atoms with Gasteiger partial charge in [0.25, 0.3) is 5.69 Å². The molecule has 0 fully saturated rings. The number of carbonyl (C=O) groups excluding carboxylic acids is 2. The molecule has 0 aromatic heterocycles. The molecule has 0 N–H and O–H groups in total. The molecule has 2 aromatic rings. The molecule has 0 amide bonds. The molecular formula is C15H9F2NO5. The average Bonchev–Trinajstić information content (AvgIpc) is 2.54. The van der Waals surface area contributed by atoms with E-state index in [4.69, 9.17) is 4.74 Å². The highest BCUT2D eigenvalue weighted by Gasteiger charge is 2.14. The zero-order valence-electron chi connectivity index (χ0n) is 11.5. The number of halogens is 2. The maximum absolute atomic E-state index is 13.0. The number of esters is 1. The summed E-state index contributed by atoms with van der Waals surface area (Å²) < 4.78 is 30.5. The molecule has 2 aromatic carbocycles. The van der Waals surface area contributed by atoms with Crippen LogP contribution in [0.3, 0.4) is 0 Å². The fraction of sp³-hybridized carbons (Fsp3) is 0.0667. The zero-order valence-corrected chi connectivity index (χ0v) is 11.5. The van der Waals surface area contributed by atoms with Gasteiger partial charge in [-0.15, -0.1) is 0 Å². The van der Waals surface area contributed by atoms with Gasteiger partial charge in [-0.3, -0.25) is 14.9 Å². The van der Waals surface area contributed by atoms with Gasteiger partial charge >= 0.3 is 5.97 Å². The van der Waals surface area contributed by atoms with Crippen LogP contribution in [-0.4, -0.2) is 23.3 Å². The highest BCUT2D eigenvalue weighted by atomic mass is 19.2. The van der Waals surface area contributed by atoms with Crippen LogP contribution in [0.25, 0.3) is 0 Å². The van der Waals surface area contributed by atoms with Crippen molar-refractivity contribution >= 4 is 17.4 Å². The van der Waals surface area contributed by atoms with E-state index in [0.717, 1.165) is 24.3 Å². The van der Waals surface area contributed by atoms with Crippen molar-refractivity contribution in [1.82, 2.24) is 0 Å². The molecule has 0 saturated heterocycles. The van der Waals surface area contributed by atoms with Crippen LogP contribution in [0.2, 0.25) is 0 Å². The first kappa shape index (κ1) is 16.2. The first-order valence-electron chi connectivity index (χ1n) is 6.28. The van der Waals surface area contributed by atoms with Crippen LogP contribution in [0.1, 0.15) is 20.7 Å². The van der Waals surface area contributed by atoms with Gasteiger partial charge in [0.15, 0.2) is 24.0 Å². The van der Waals surface area contributed by atoms with Crippen molar-refractivity contribution in [2.75, 3.05) is 6.61 Å². The zero-order chi connectivity index (χ0) is 17.0. The number of rotatable bonds is 5. The number of ketones is 1. The van der Waals surface area contributed by atoms with Crippen molar-refractivity contribution in [3.05, 3.63) is 75.3 Å². The molecule has 0 unspecified atom stereocenters. The number of Topliss-reactive ketones (excluding diaryl/α,β-unsaturated/α-hetero) is 1. The van der Waals surface area contributed by atoms with E-state index in [9.17, 15) is 28.5 Å². The second kappa shape index (κ2) is 6.73. The predicted octanol–water partition coefficient (Wildman–Crippen LogP) is 2.91. The molecule has 0 aliphatic carbocycles. The molecule has 0 aliphatic heterocycles. The molecule has 0 spiro atoms. The number of benzene rings is 2. The van der Waals surface area contributed by atoms with Gasteiger partial charge < -0.3 is 4.74 Å². The highest BCUT2D eigenvalue weighted by Crippen LogP contribution is 2.13. The summed E-state index contributed by atoms with van der Waals surface area (Å²) in [5.74, 6) is -3.85. The Hall–Kier alpha value is -3.16. The van der Waals surface area contributed by atoms with E-state index < -0.39 is 34.9 Å². The number of non-ortho nitro benzene ring substituents is 1. The van der Waals surface area contributed by atoms with E-state index in [1.165, 1.54) is 12.1 Å². The minimum Gasteiger partial charge on any atom is -0.454 e. The van der Waals surface area contributed by atoms with Crippen molar-refractivity contribution in [3.63, 3.8) is 0 Å². The smallest absolute Gasteiger partial charge is 0.338 e. The summed E-state index contributed by atoms with van der Waals surface area (Å²) >= 11 is 0. The standard InChI is InChI=1S/C15H9F2NO5/c16-12-6-3-10(7-13(12)17)14(19)8-23-15(20)9-1-4-11(5-2-9)18(21)22/h1-7H,8H2. The summed E-state index contributed by atoms with van der Waals surface area (Å²) in [7, 11) is 0. The van der Waals surface area contributed by atoms with Crippen molar-refractivity contribution in [2.24, 2.45) is 0 Å². The lowest BCUT2D eigenvalue weighted by Gasteiger charge is -2.05. The molecule has 0 heterocycles. The summed E-state index contributed by atoms with van der Waals surface area (Å²) in [6.45, 7) is -0.666. The number of hydrogen-bond acceptors (Lipinski definition) is 5. The highest BCUT2D eigenvalue weighted by molar-refractivity contribution is 5.99. The monoisotopic (exact) mass is 321 g/mol. The molecular weight excluding hydrogens is 312 g/mol. The van der Waals surface area contributed by atoms with Crippen LogP contribution in [0.15, 0.2) is 42.5 Å². The molecule has 8 heteroatoms. The number of hydrogen-bond donors (Lipinski definition) is 0.